The van der Waals surface area contributed by atoms with Gasteiger partial charge in [0.15, 0.2) is 5.78 Å². The fourth-order valence-corrected chi connectivity index (χ4v) is 3.69. The van der Waals surface area contributed by atoms with Crippen molar-refractivity contribution in [3.8, 4) is 17.2 Å². The number of carbonyl (C=O) groups excluding carboxylic acids is 2. The van der Waals surface area contributed by atoms with Crippen LogP contribution in [0.1, 0.15) is 52.9 Å². The maximum absolute atomic E-state index is 12.7. The molecule has 2 aromatic rings. The highest BCUT2D eigenvalue weighted by Gasteiger charge is 2.36. The Kier molecular flexibility index (Phi) is 4.35. The van der Waals surface area contributed by atoms with Crippen LogP contribution in [-0.4, -0.2) is 28.6 Å². The summed E-state index contributed by atoms with van der Waals surface area (Å²) in [5.41, 5.74) is 1.21. The molecule has 4 N–H and O–H groups in total. The zero-order chi connectivity index (χ0) is 19.0. The monoisotopic (exact) mass is 368 g/mol. The van der Waals surface area contributed by atoms with E-state index in [1.54, 1.807) is 0 Å². The molecule has 140 valence electrons. The van der Waals surface area contributed by atoms with Crippen molar-refractivity contribution in [1.82, 2.24) is 10.6 Å². The SMILES string of the molecule is O=C1NCCC[C@@H](c2c(O)cc(O)c3c2O[C@H](c2ccccc2)CC3=O)N1. The number of hydrogen-bond acceptors (Lipinski definition) is 5. The van der Waals surface area contributed by atoms with E-state index in [0.29, 0.717) is 24.9 Å². The number of nitrogens with one attached hydrogen (secondary N) is 2. The molecule has 0 saturated carbocycles. The lowest BCUT2D eigenvalue weighted by Crippen LogP contribution is -2.35. The number of rotatable bonds is 2. The highest BCUT2D eigenvalue weighted by Crippen LogP contribution is 2.48. The summed E-state index contributed by atoms with van der Waals surface area (Å²) in [7, 11) is 0. The van der Waals surface area contributed by atoms with Crippen molar-refractivity contribution in [3.05, 3.63) is 53.1 Å². The van der Waals surface area contributed by atoms with E-state index < -0.39 is 12.1 Å². The third-order valence-electron chi connectivity index (χ3n) is 4.97. The summed E-state index contributed by atoms with van der Waals surface area (Å²) in [4.78, 5) is 24.6. The van der Waals surface area contributed by atoms with Gasteiger partial charge in [0.05, 0.1) is 18.0 Å². The van der Waals surface area contributed by atoms with E-state index >= 15 is 0 Å². The molecule has 27 heavy (non-hydrogen) atoms. The molecule has 0 spiro atoms. The normalized spacial score (nSPS) is 22.1. The minimum absolute atomic E-state index is 0.0569. The molecular weight excluding hydrogens is 348 g/mol. The molecular formula is C20H20N2O5. The molecule has 2 atom stereocenters. The van der Waals surface area contributed by atoms with Crippen molar-refractivity contribution >= 4 is 11.8 Å². The number of benzene rings is 2. The third-order valence-corrected chi connectivity index (χ3v) is 4.97. The van der Waals surface area contributed by atoms with Crippen LogP contribution in [0.15, 0.2) is 36.4 Å². The van der Waals surface area contributed by atoms with Gasteiger partial charge in [0.2, 0.25) is 0 Å². The van der Waals surface area contributed by atoms with Crippen LogP contribution in [0.25, 0.3) is 0 Å². The van der Waals surface area contributed by atoms with Gasteiger partial charge in [0, 0.05) is 12.6 Å². The van der Waals surface area contributed by atoms with Gasteiger partial charge < -0.3 is 25.6 Å². The molecule has 2 aromatic carbocycles. The Hall–Kier alpha value is -3.22. The van der Waals surface area contributed by atoms with E-state index in [4.69, 9.17) is 4.74 Å². The van der Waals surface area contributed by atoms with Gasteiger partial charge in [-0.25, -0.2) is 4.79 Å². The van der Waals surface area contributed by atoms with Gasteiger partial charge in [0.25, 0.3) is 0 Å². The Labute approximate surface area is 156 Å². The molecule has 2 aliphatic rings. The number of amides is 2. The summed E-state index contributed by atoms with van der Waals surface area (Å²) >= 11 is 0. The molecule has 1 fully saturated rings. The van der Waals surface area contributed by atoms with Crippen molar-refractivity contribution in [2.45, 2.75) is 31.4 Å². The smallest absolute Gasteiger partial charge is 0.315 e. The van der Waals surface area contributed by atoms with E-state index in [-0.39, 0.29) is 41.0 Å². The van der Waals surface area contributed by atoms with Crippen LogP contribution in [-0.2, 0) is 0 Å². The standard InChI is InChI=1S/C20H20N2O5/c23-13-9-14(24)18-15(25)10-16(11-5-2-1-3-6-11)27-19(18)17(13)12-7-4-8-21-20(26)22-12/h1-3,5-6,9,12,16,23-24H,4,7-8,10H2,(H2,21,22,26)/t12-,16-/m0/s1. The quantitative estimate of drug-likeness (QED) is 0.652. The van der Waals surface area contributed by atoms with E-state index in [2.05, 4.69) is 10.6 Å². The average molecular weight is 368 g/mol. The van der Waals surface area contributed by atoms with Crippen molar-refractivity contribution in [2.24, 2.45) is 0 Å². The van der Waals surface area contributed by atoms with Crippen LogP contribution in [0.5, 0.6) is 17.2 Å². The second-order valence-corrected chi connectivity index (χ2v) is 6.77. The summed E-state index contributed by atoms with van der Waals surface area (Å²) in [5, 5.41) is 26.2. The largest absolute Gasteiger partial charge is 0.507 e. The Morgan fingerprint density at radius 2 is 1.85 bits per heavy atom. The number of ketones is 1. The zero-order valence-electron chi connectivity index (χ0n) is 14.6. The summed E-state index contributed by atoms with van der Waals surface area (Å²) in [5.74, 6) is -0.646. The van der Waals surface area contributed by atoms with Gasteiger partial charge in [-0.3, -0.25) is 4.79 Å². The number of fused-ring (bicyclic) bond motifs is 1. The molecule has 0 aliphatic carbocycles. The molecule has 0 aromatic heterocycles. The summed E-state index contributed by atoms with van der Waals surface area (Å²) in [6.07, 6.45) is 0.838. The van der Waals surface area contributed by atoms with Crippen LogP contribution < -0.4 is 15.4 Å². The van der Waals surface area contributed by atoms with Crippen LogP contribution in [0.4, 0.5) is 4.79 Å². The first-order valence-electron chi connectivity index (χ1n) is 8.92. The van der Waals surface area contributed by atoms with Gasteiger partial charge >= 0.3 is 6.03 Å². The Morgan fingerprint density at radius 3 is 2.63 bits per heavy atom. The van der Waals surface area contributed by atoms with Crippen LogP contribution in [0.3, 0.4) is 0 Å². The number of ether oxygens (including phenoxy) is 1. The number of phenolic OH excluding ortho intramolecular Hbond substituents is 2. The molecule has 2 amide bonds. The van der Waals surface area contributed by atoms with Gasteiger partial charge in [-0.1, -0.05) is 30.3 Å². The first kappa shape index (κ1) is 17.2. The molecule has 7 nitrogen and oxygen atoms in total. The van der Waals surface area contributed by atoms with E-state index in [1.807, 2.05) is 30.3 Å². The van der Waals surface area contributed by atoms with Crippen LogP contribution in [0, 0.1) is 0 Å². The number of carbonyl (C=O) groups is 2. The lowest BCUT2D eigenvalue weighted by molar-refractivity contribution is 0.0841. The fourth-order valence-electron chi connectivity index (χ4n) is 3.69. The molecule has 2 aliphatic heterocycles. The topological polar surface area (TPSA) is 108 Å². The average Bonchev–Trinajstić information content (AvgIpc) is 2.86. The second-order valence-electron chi connectivity index (χ2n) is 6.77. The first-order valence-corrected chi connectivity index (χ1v) is 8.92. The van der Waals surface area contributed by atoms with Crippen molar-refractivity contribution in [2.75, 3.05) is 6.54 Å². The molecule has 1 saturated heterocycles. The van der Waals surface area contributed by atoms with E-state index in [1.165, 1.54) is 0 Å². The number of Topliss-reactive ketones (excluding diaryl/α,β-unsaturated/α-hetero) is 1. The molecule has 4 rings (SSSR count). The fraction of sp³-hybridized carbons (Fsp3) is 0.300. The molecule has 7 heteroatoms. The summed E-state index contributed by atoms with van der Waals surface area (Å²) in [6.45, 7) is 0.524. The van der Waals surface area contributed by atoms with Gasteiger partial charge in [-0.05, 0) is 18.4 Å². The Bertz CT molecular complexity index is 897. The zero-order valence-corrected chi connectivity index (χ0v) is 14.6. The minimum atomic E-state index is -0.524. The lowest BCUT2D eigenvalue weighted by atomic mass is 9.90. The third kappa shape index (κ3) is 3.16. The summed E-state index contributed by atoms with van der Waals surface area (Å²) < 4.78 is 6.10. The molecule has 0 unspecified atom stereocenters. The predicted octanol–water partition coefficient (Wildman–Crippen LogP) is 2.94. The molecule has 0 radical (unpaired) electrons. The summed E-state index contributed by atoms with van der Waals surface area (Å²) in [6, 6.07) is 9.59. The minimum Gasteiger partial charge on any atom is -0.507 e. The van der Waals surface area contributed by atoms with Crippen molar-refractivity contribution < 1.29 is 24.5 Å². The maximum Gasteiger partial charge on any atom is 0.315 e. The second kappa shape index (κ2) is 6.83. The van der Waals surface area contributed by atoms with E-state index in [0.717, 1.165) is 11.6 Å². The van der Waals surface area contributed by atoms with Crippen molar-refractivity contribution in [3.63, 3.8) is 0 Å². The van der Waals surface area contributed by atoms with Gasteiger partial charge in [0.1, 0.15) is 28.9 Å². The molecule has 0 bridgehead atoms. The number of hydrogen-bond donors (Lipinski definition) is 4. The number of aromatic hydroxyl groups is 2. The highest BCUT2D eigenvalue weighted by atomic mass is 16.5. The number of phenols is 2. The number of urea groups is 1. The Morgan fingerprint density at radius 1 is 1.07 bits per heavy atom. The van der Waals surface area contributed by atoms with Crippen molar-refractivity contribution in [1.29, 1.82) is 0 Å². The van der Waals surface area contributed by atoms with Crippen LogP contribution in [0.2, 0.25) is 0 Å². The lowest BCUT2D eigenvalue weighted by Gasteiger charge is -2.30. The molecule has 2 heterocycles. The maximum atomic E-state index is 12.7. The first-order chi connectivity index (χ1) is 13.0. The van der Waals surface area contributed by atoms with Gasteiger partial charge in [-0.15, -0.1) is 0 Å². The predicted molar refractivity (Wildman–Crippen MR) is 97.0 cm³/mol. The van der Waals surface area contributed by atoms with Gasteiger partial charge in [-0.2, -0.15) is 0 Å². The van der Waals surface area contributed by atoms with Crippen LogP contribution >= 0.6 is 0 Å². The Balaban J connectivity index is 1.81. The van der Waals surface area contributed by atoms with E-state index in [9.17, 15) is 19.8 Å². The highest BCUT2D eigenvalue weighted by molar-refractivity contribution is 6.03.